The number of hydrogen-bond acceptors (Lipinski definition) is 26. The lowest BCUT2D eigenvalue weighted by molar-refractivity contribution is 0.0244. The summed E-state index contributed by atoms with van der Waals surface area (Å²) < 4.78 is 59.8. The Hall–Kier alpha value is -13.5. The fourth-order valence-electron chi connectivity index (χ4n) is 14.6. The maximum Gasteiger partial charge on any atom is 0.253 e. The second-order valence-electron chi connectivity index (χ2n) is 30.2. The number of hydrogen-bond donors (Lipinski definition) is 8. The SMILES string of the molecule is CNC(=O)c1ccc(Nc2nc(OC3CCOCC3)c3c(-c4ccc5nc(C)sc5c4)c[nH]c3n2)c(OC)c1.COc1cc(C(=O)N(C)C)ccc1Nc1nc(O[C@@H]2CCOC2)c2c(-c3ccc4nc(C)oc4c3)c[nH]c2n1.COc1cc(C(=O)NC(C)(C)C)ccc1Nc1nc(OC2CCCC2)c2c(-c3ccc4nc(C)oc4c3)c[nH]c2n1. The van der Waals surface area contributed by atoms with Crippen LogP contribution in [0.2, 0.25) is 0 Å². The van der Waals surface area contributed by atoms with Gasteiger partial charge in [0, 0.05) is 112 Å². The first-order valence-electron chi connectivity index (χ1n) is 39.2. The number of methoxy groups -OCH3 is 3. The number of carbonyl (C=O) groups is 3. The zero-order chi connectivity index (χ0) is 82.8. The van der Waals surface area contributed by atoms with Gasteiger partial charge < -0.3 is 93.2 Å². The Kier molecular flexibility index (Phi) is 22.7. The molecule has 1 saturated carbocycles. The van der Waals surface area contributed by atoms with Gasteiger partial charge in [-0.15, -0.1) is 11.3 Å². The molecule has 6 aromatic carbocycles. The van der Waals surface area contributed by atoms with E-state index in [0.29, 0.717) is 147 Å². The van der Waals surface area contributed by atoms with Crippen LogP contribution >= 0.6 is 11.3 Å². The van der Waals surface area contributed by atoms with Gasteiger partial charge in [-0.1, -0.05) is 18.2 Å². The quantitative estimate of drug-likeness (QED) is 0.0331. The molecule has 0 bridgehead atoms. The van der Waals surface area contributed by atoms with Crippen molar-refractivity contribution in [1.29, 1.82) is 0 Å². The van der Waals surface area contributed by atoms with E-state index in [1.54, 1.807) is 108 Å². The average Bonchev–Trinajstić information content (AvgIpc) is 1.64. The Morgan fingerprint density at radius 3 is 1.34 bits per heavy atom. The molecule has 119 heavy (non-hydrogen) atoms. The Bertz CT molecular complexity index is 6300. The third-order valence-electron chi connectivity index (χ3n) is 20.3. The number of carbonyl (C=O) groups excluding carboxylic acids is 3. The van der Waals surface area contributed by atoms with E-state index >= 15 is 0 Å². The Labute approximate surface area is 687 Å². The van der Waals surface area contributed by atoms with Crippen LogP contribution < -0.4 is 55.0 Å². The first-order chi connectivity index (χ1) is 57.6. The van der Waals surface area contributed by atoms with Crippen LogP contribution in [0.3, 0.4) is 0 Å². The van der Waals surface area contributed by atoms with E-state index in [1.807, 2.05) is 103 Å². The van der Waals surface area contributed by atoms with Crippen LogP contribution in [-0.2, 0) is 9.47 Å². The van der Waals surface area contributed by atoms with Crippen LogP contribution in [0.15, 0.2) is 137 Å². The van der Waals surface area contributed by atoms with Gasteiger partial charge in [0.05, 0.1) is 96.2 Å². The number of H-pyrrole nitrogens is 3. The number of aromatic amines is 3. The molecule has 3 aliphatic rings. The van der Waals surface area contributed by atoms with Crippen molar-refractivity contribution < 1.29 is 61.1 Å². The summed E-state index contributed by atoms with van der Waals surface area (Å²) in [5.41, 5.74) is 14.6. The Balaban J connectivity index is 0.000000133. The molecule has 1 aliphatic carbocycles. The lowest BCUT2D eigenvalue weighted by Gasteiger charge is -2.23. The molecule has 0 spiro atoms. The Morgan fingerprint density at radius 1 is 0.479 bits per heavy atom. The summed E-state index contributed by atoms with van der Waals surface area (Å²) in [5.74, 6) is 4.66. The van der Waals surface area contributed by atoms with Crippen molar-refractivity contribution in [2.45, 2.75) is 110 Å². The molecule has 9 aromatic heterocycles. The van der Waals surface area contributed by atoms with Gasteiger partial charge in [-0.2, -0.15) is 29.9 Å². The fraction of sp³-hybridized carbons (Fsp3) is 0.310. The molecule has 8 N–H and O–H groups in total. The molecule has 2 saturated heterocycles. The van der Waals surface area contributed by atoms with Crippen molar-refractivity contribution in [3.63, 3.8) is 0 Å². The second-order valence-corrected chi connectivity index (χ2v) is 31.5. The van der Waals surface area contributed by atoms with Crippen molar-refractivity contribution >= 4 is 129 Å². The number of nitrogens with one attached hydrogen (secondary N) is 8. The molecular formula is C87H90N18O13S. The molecular weight excluding hydrogens is 1540 g/mol. The molecule has 15 aromatic rings. The van der Waals surface area contributed by atoms with Crippen LogP contribution in [0.5, 0.6) is 34.9 Å². The van der Waals surface area contributed by atoms with Crippen LogP contribution in [0.1, 0.15) is 114 Å². The highest BCUT2D eigenvalue weighted by molar-refractivity contribution is 7.18. The first kappa shape index (κ1) is 79.4. The van der Waals surface area contributed by atoms with Gasteiger partial charge in [0.25, 0.3) is 17.7 Å². The molecule has 32 heteroatoms. The lowest BCUT2D eigenvalue weighted by atomic mass is 10.1. The summed E-state index contributed by atoms with van der Waals surface area (Å²) in [6, 6.07) is 33.6. The number of aromatic nitrogens is 12. The van der Waals surface area contributed by atoms with Crippen LogP contribution in [-0.4, -0.2) is 175 Å². The molecule has 31 nitrogen and oxygen atoms in total. The van der Waals surface area contributed by atoms with E-state index in [-0.39, 0.29) is 41.6 Å². The third kappa shape index (κ3) is 17.5. The summed E-state index contributed by atoms with van der Waals surface area (Å²) in [4.78, 5) is 90.7. The summed E-state index contributed by atoms with van der Waals surface area (Å²) in [7, 11) is 9.66. The average molecular weight is 1630 g/mol. The van der Waals surface area contributed by atoms with E-state index in [4.69, 9.17) is 76.6 Å². The van der Waals surface area contributed by atoms with E-state index in [1.165, 1.54) is 4.90 Å². The molecule has 1 atom stereocenters. The lowest BCUT2D eigenvalue weighted by Crippen LogP contribution is -2.40. The second kappa shape index (κ2) is 34.0. The van der Waals surface area contributed by atoms with Crippen molar-refractivity contribution in [3.05, 3.63) is 161 Å². The number of benzene rings is 6. The number of thiazole rings is 1. The maximum atomic E-state index is 12.7. The van der Waals surface area contributed by atoms with Crippen molar-refractivity contribution in [3.8, 4) is 68.3 Å². The topological polar surface area (TPSA) is 378 Å². The van der Waals surface area contributed by atoms with E-state index < -0.39 is 0 Å². The normalized spacial score (nSPS) is 14.4. The number of ether oxygens (including phenoxy) is 8. The number of oxazole rings is 2. The largest absolute Gasteiger partial charge is 0.495 e. The zero-order valence-electron chi connectivity index (χ0n) is 67.8. The molecule has 18 rings (SSSR count). The number of nitrogens with zero attached hydrogens (tertiary/aromatic N) is 10. The number of anilines is 6. The summed E-state index contributed by atoms with van der Waals surface area (Å²) in [5, 5.41) is 18.7. The first-order valence-corrected chi connectivity index (χ1v) is 40.0. The van der Waals surface area contributed by atoms with Gasteiger partial charge in [-0.05, 0) is 161 Å². The third-order valence-corrected chi connectivity index (χ3v) is 21.3. The predicted molar refractivity (Wildman–Crippen MR) is 455 cm³/mol. The highest BCUT2D eigenvalue weighted by atomic mass is 32.1. The van der Waals surface area contributed by atoms with E-state index in [0.717, 1.165) is 126 Å². The number of aryl methyl sites for hydroxylation is 3. The van der Waals surface area contributed by atoms with Gasteiger partial charge >= 0.3 is 0 Å². The molecule has 11 heterocycles. The molecule has 0 unspecified atom stereocenters. The fourth-order valence-corrected chi connectivity index (χ4v) is 15.5. The summed E-state index contributed by atoms with van der Waals surface area (Å²) in [6.07, 6.45) is 12.3. The highest BCUT2D eigenvalue weighted by Crippen LogP contribution is 2.43. The molecule has 3 fully saturated rings. The number of rotatable bonds is 21. The summed E-state index contributed by atoms with van der Waals surface area (Å²) in [6.45, 7) is 13.9. The van der Waals surface area contributed by atoms with E-state index in [2.05, 4.69) is 68.6 Å². The van der Waals surface area contributed by atoms with Crippen LogP contribution in [0, 0.1) is 20.8 Å². The smallest absolute Gasteiger partial charge is 0.253 e. The van der Waals surface area contributed by atoms with Gasteiger partial charge in [-0.25, -0.2) is 15.0 Å². The van der Waals surface area contributed by atoms with Gasteiger partial charge in [0.1, 0.15) is 63.5 Å². The minimum Gasteiger partial charge on any atom is -0.495 e. The molecule has 612 valence electrons. The minimum absolute atomic E-state index is 0.0135. The minimum atomic E-state index is -0.353. The predicted octanol–water partition coefficient (Wildman–Crippen LogP) is 16.6. The number of fused-ring (bicyclic) bond motifs is 6. The molecule has 2 aliphatic heterocycles. The van der Waals surface area contributed by atoms with Gasteiger partial charge in [0.15, 0.2) is 22.9 Å². The highest BCUT2D eigenvalue weighted by Gasteiger charge is 2.29. The monoisotopic (exact) mass is 1630 g/mol. The zero-order valence-corrected chi connectivity index (χ0v) is 68.6. The van der Waals surface area contributed by atoms with Crippen molar-refractivity contribution in [2.24, 2.45) is 0 Å². The molecule has 3 amide bonds. The van der Waals surface area contributed by atoms with Crippen molar-refractivity contribution in [2.75, 3.05) is 84.9 Å². The summed E-state index contributed by atoms with van der Waals surface area (Å²) >= 11 is 1.67. The molecule has 0 radical (unpaired) electrons. The maximum absolute atomic E-state index is 12.7. The van der Waals surface area contributed by atoms with Gasteiger partial charge in [0.2, 0.25) is 35.5 Å². The standard InChI is InChI=1S/C31H34N6O4.C28H28N6O5.C28H28N6O4S/c1-17-33-23-12-10-18(14-25(23)40-17)21-16-32-27-26(21)29(41-20-8-6-7-9-20)36-30(35-27)34-22-13-11-19(15-24(22)39-5)28(38)37-31(2,3)4;1-15-30-21-7-5-16(11-23(21)38-15)19-13-29-25-24(19)26(39-18-9-10-37-14-18)33-28(32-25)31-20-8-6-17(12-22(20)36-4)27(35)34(2)3;1-15-31-21-7-4-16(13-23(21)39-15)19-14-30-25-24(19)27(38-18-8-10-37-11-9-18)34-28(33-25)32-20-6-5-17(26(35)29-2)12-22(20)36-3/h10-16,20H,6-9H2,1-5H3,(H,37,38)(H2,32,34,35,36);5-8,11-13,18H,9-10,14H2,1-4H3,(H2,29,31,32,33);4-7,12-14,18H,8-11H2,1-3H3,(H,29,35)(H2,30,32,33,34)/t;18-;/m.1./s1. The van der Waals surface area contributed by atoms with E-state index in [9.17, 15) is 14.4 Å². The van der Waals surface area contributed by atoms with Gasteiger partial charge in [-0.3, -0.25) is 14.4 Å². The Morgan fingerprint density at radius 2 is 0.899 bits per heavy atom. The number of amides is 3. The van der Waals surface area contributed by atoms with Crippen LogP contribution in [0.4, 0.5) is 34.9 Å². The van der Waals surface area contributed by atoms with Crippen molar-refractivity contribution in [1.82, 2.24) is 75.3 Å². The van der Waals surface area contributed by atoms with Crippen LogP contribution in [0.25, 0.3) is 98.9 Å².